The minimum atomic E-state index is -4.58. The topological polar surface area (TPSA) is 25.8 Å². The Morgan fingerprint density at radius 2 is 1.89 bits per heavy atom. The molecule has 0 aliphatic rings. The fraction of sp³-hybridized carbons (Fsp3) is 0.0909. The van der Waals surface area contributed by atoms with Crippen molar-refractivity contribution in [1.82, 2.24) is 9.97 Å². The van der Waals surface area contributed by atoms with Gasteiger partial charge in [0.15, 0.2) is 0 Å². The highest BCUT2D eigenvalue weighted by molar-refractivity contribution is 6.29. The monoisotopic (exact) mass is 276 g/mol. The van der Waals surface area contributed by atoms with E-state index < -0.39 is 17.7 Å². The molecule has 0 bridgehead atoms. The van der Waals surface area contributed by atoms with Crippen molar-refractivity contribution in [2.75, 3.05) is 0 Å². The lowest BCUT2D eigenvalue weighted by atomic mass is 10.1. The van der Waals surface area contributed by atoms with Crippen molar-refractivity contribution >= 4 is 11.6 Å². The lowest BCUT2D eigenvalue weighted by molar-refractivity contribution is -0.141. The molecule has 0 N–H and O–H groups in total. The van der Waals surface area contributed by atoms with Gasteiger partial charge in [-0.1, -0.05) is 17.7 Å². The summed E-state index contributed by atoms with van der Waals surface area (Å²) in [5.74, 6) is -0.776. The molecule has 0 unspecified atom stereocenters. The maximum Gasteiger partial charge on any atom is 0.433 e. The Kier molecular flexibility index (Phi) is 3.21. The highest BCUT2D eigenvalue weighted by Gasteiger charge is 2.32. The Morgan fingerprint density at radius 1 is 1.17 bits per heavy atom. The molecular formula is C11H5ClF4N2. The van der Waals surface area contributed by atoms with Crippen LogP contribution < -0.4 is 0 Å². The van der Waals surface area contributed by atoms with E-state index in [1.165, 1.54) is 6.07 Å². The molecule has 2 aromatic heterocycles. The summed E-state index contributed by atoms with van der Waals surface area (Å²) in [4.78, 5) is 6.97. The Morgan fingerprint density at radius 3 is 2.50 bits per heavy atom. The zero-order valence-electron chi connectivity index (χ0n) is 8.67. The molecule has 2 rings (SSSR count). The highest BCUT2D eigenvalue weighted by Crippen LogP contribution is 2.30. The Hall–Kier alpha value is -1.69. The zero-order chi connectivity index (χ0) is 13.3. The molecule has 94 valence electrons. The van der Waals surface area contributed by atoms with Crippen LogP contribution in [0.2, 0.25) is 5.15 Å². The summed E-state index contributed by atoms with van der Waals surface area (Å²) >= 11 is 5.46. The van der Waals surface area contributed by atoms with E-state index in [4.69, 9.17) is 11.6 Å². The second-order valence-corrected chi connectivity index (χ2v) is 3.78. The molecule has 0 atom stereocenters. The van der Waals surface area contributed by atoms with Crippen LogP contribution in [0.5, 0.6) is 0 Å². The van der Waals surface area contributed by atoms with Crippen LogP contribution in [0.15, 0.2) is 30.5 Å². The third kappa shape index (κ3) is 2.59. The number of nitrogens with zero attached hydrogens (tertiary/aromatic N) is 2. The number of alkyl halides is 3. The van der Waals surface area contributed by atoms with Crippen LogP contribution in [0.1, 0.15) is 5.69 Å². The largest absolute Gasteiger partial charge is 0.433 e. The van der Waals surface area contributed by atoms with Crippen LogP contribution in [-0.4, -0.2) is 9.97 Å². The number of hydrogen-bond acceptors (Lipinski definition) is 2. The molecule has 0 aliphatic heterocycles. The average molecular weight is 277 g/mol. The maximum absolute atomic E-state index is 13.5. The van der Waals surface area contributed by atoms with Crippen molar-refractivity contribution in [3.8, 4) is 11.3 Å². The fourth-order valence-corrected chi connectivity index (χ4v) is 1.48. The Balaban J connectivity index is 2.51. The van der Waals surface area contributed by atoms with Gasteiger partial charge in [0.2, 0.25) is 0 Å². The van der Waals surface area contributed by atoms with Gasteiger partial charge in [0.25, 0.3) is 0 Å². The van der Waals surface area contributed by atoms with Crippen LogP contribution >= 0.6 is 11.6 Å². The van der Waals surface area contributed by atoms with E-state index >= 15 is 0 Å². The SMILES string of the molecule is Fc1cc(Cl)ncc1-c1cccc(C(F)(F)F)n1. The van der Waals surface area contributed by atoms with Gasteiger partial charge in [-0.05, 0) is 12.1 Å². The van der Waals surface area contributed by atoms with Gasteiger partial charge < -0.3 is 0 Å². The van der Waals surface area contributed by atoms with E-state index in [2.05, 4.69) is 9.97 Å². The molecule has 2 nitrogen and oxygen atoms in total. The number of aromatic nitrogens is 2. The van der Waals surface area contributed by atoms with Crippen LogP contribution in [-0.2, 0) is 6.18 Å². The first-order valence-electron chi connectivity index (χ1n) is 4.73. The molecule has 0 spiro atoms. The lowest BCUT2D eigenvalue weighted by Crippen LogP contribution is -2.08. The predicted octanol–water partition coefficient (Wildman–Crippen LogP) is 3.95. The summed E-state index contributed by atoms with van der Waals surface area (Å²) in [6, 6.07) is 4.14. The summed E-state index contributed by atoms with van der Waals surface area (Å²) in [5, 5.41) is -0.0803. The predicted molar refractivity (Wildman–Crippen MR) is 57.4 cm³/mol. The quantitative estimate of drug-likeness (QED) is 0.582. The molecule has 0 aromatic carbocycles. The molecule has 0 saturated heterocycles. The van der Waals surface area contributed by atoms with Gasteiger partial charge in [-0.25, -0.2) is 14.4 Å². The second kappa shape index (κ2) is 4.53. The Labute approximate surface area is 104 Å². The van der Waals surface area contributed by atoms with E-state index in [1.807, 2.05) is 0 Å². The van der Waals surface area contributed by atoms with E-state index in [1.54, 1.807) is 0 Å². The van der Waals surface area contributed by atoms with Crippen molar-refractivity contribution in [3.05, 3.63) is 47.1 Å². The summed E-state index contributed by atoms with van der Waals surface area (Å²) in [6.45, 7) is 0. The number of halogens is 5. The minimum Gasteiger partial charge on any atom is -0.244 e. The average Bonchev–Trinajstić information content (AvgIpc) is 2.28. The lowest BCUT2D eigenvalue weighted by Gasteiger charge is -2.08. The van der Waals surface area contributed by atoms with Crippen molar-refractivity contribution in [1.29, 1.82) is 0 Å². The maximum atomic E-state index is 13.5. The third-order valence-electron chi connectivity index (χ3n) is 2.14. The van der Waals surface area contributed by atoms with Gasteiger partial charge >= 0.3 is 6.18 Å². The molecule has 0 aliphatic carbocycles. The first-order chi connectivity index (χ1) is 8.38. The van der Waals surface area contributed by atoms with E-state index in [0.717, 1.165) is 24.4 Å². The number of pyridine rings is 2. The molecule has 2 heterocycles. The standard InChI is InChI=1S/C11H5ClF4N2/c12-10-4-7(13)6(5-17-10)8-2-1-3-9(18-8)11(14,15)16/h1-5H. The van der Waals surface area contributed by atoms with Crippen molar-refractivity contribution in [3.63, 3.8) is 0 Å². The first-order valence-corrected chi connectivity index (χ1v) is 5.11. The number of rotatable bonds is 1. The smallest absolute Gasteiger partial charge is 0.244 e. The summed E-state index contributed by atoms with van der Waals surface area (Å²) in [5.41, 5.74) is -1.37. The van der Waals surface area contributed by atoms with Crippen LogP contribution in [0.3, 0.4) is 0 Å². The molecule has 18 heavy (non-hydrogen) atoms. The summed E-state index contributed by atoms with van der Waals surface area (Å²) in [7, 11) is 0. The van der Waals surface area contributed by atoms with E-state index in [0.29, 0.717) is 0 Å². The van der Waals surface area contributed by atoms with Crippen LogP contribution in [0, 0.1) is 5.82 Å². The zero-order valence-corrected chi connectivity index (χ0v) is 9.43. The van der Waals surface area contributed by atoms with E-state index in [-0.39, 0.29) is 16.4 Å². The summed E-state index contributed by atoms with van der Waals surface area (Å²) < 4.78 is 50.9. The first kappa shape index (κ1) is 12.8. The second-order valence-electron chi connectivity index (χ2n) is 3.39. The van der Waals surface area contributed by atoms with E-state index in [9.17, 15) is 17.6 Å². The van der Waals surface area contributed by atoms with Gasteiger partial charge in [-0.3, -0.25) is 0 Å². The van der Waals surface area contributed by atoms with Crippen LogP contribution in [0.25, 0.3) is 11.3 Å². The van der Waals surface area contributed by atoms with Gasteiger partial charge in [0.05, 0.1) is 11.3 Å². The fourth-order valence-electron chi connectivity index (χ4n) is 1.34. The molecule has 2 aromatic rings. The van der Waals surface area contributed by atoms with Gasteiger partial charge in [0.1, 0.15) is 16.7 Å². The minimum absolute atomic E-state index is 0.0803. The van der Waals surface area contributed by atoms with Gasteiger partial charge in [-0.15, -0.1) is 0 Å². The molecule has 7 heteroatoms. The molecule has 0 amide bonds. The third-order valence-corrected chi connectivity index (χ3v) is 2.34. The van der Waals surface area contributed by atoms with Crippen LogP contribution in [0.4, 0.5) is 17.6 Å². The normalized spacial score (nSPS) is 11.6. The highest BCUT2D eigenvalue weighted by atomic mass is 35.5. The van der Waals surface area contributed by atoms with Crippen molar-refractivity contribution in [2.24, 2.45) is 0 Å². The Bertz CT molecular complexity index is 583. The number of hydrogen-bond donors (Lipinski definition) is 0. The van der Waals surface area contributed by atoms with Gasteiger partial charge in [-0.2, -0.15) is 13.2 Å². The molecule has 0 saturated carbocycles. The molecule has 0 radical (unpaired) electrons. The molecular weight excluding hydrogens is 272 g/mol. The van der Waals surface area contributed by atoms with Crippen molar-refractivity contribution < 1.29 is 17.6 Å². The van der Waals surface area contributed by atoms with Gasteiger partial charge in [0, 0.05) is 12.3 Å². The van der Waals surface area contributed by atoms with Crippen molar-refractivity contribution in [2.45, 2.75) is 6.18 Å². The molecule has 0 fully saturated rings. The summed E-state index contributed by atoms with van der Waals surface area (Å²) in [6.07, 6.45) is -3.54.